The molecule has 3 aromatic rings. The normalized spacial score (nSPS) is 13.4. The van der Waals surface area contributed by atoms with E-state index in [0.717, 1.165) is 24.3 Å². The minimum atomic E-state index is -4.77. The van der Waals surface area contributed by atoms with E-state index in [-0.39, 0.29) is 136 Å². The van der Waals surface area contributed by atoms with Crippen LogP contribution >= 0.6 is 0 Å². The van der Waals surface area contributed by atoms with E-state index in [9.17, 15) is 35.8 Å². The van der Waals surface area contributed by atoms with Gasteiger partial charge in [0.1, 0.15) is 31.6 Å². The van der Waals surface area contributed by atoms with Gasteiger partial charge in [0, 0.05) is 10.9 Å². The van der Waals surface area contributed by atoms with Crippen LogP contribution in [-0.4, -0.2) is 47.5 Å². The van der Waals surface area contributed by atoms with Crippen molar-refractivity contribution >= 4 is 48.3 Å². The number of ketones is 1. The van der Waals surface area contributed by atoms with Crippen molar-refractivity contribution in [2.24, 2.45) is 4.99 Å². The van der Waals surface area contributed by atoms with Gasteiger partial charge in [-0.1, -0.05) is 0 Å². The molecule has 0 unspecified atom stereocenters. The van der Waals surface area contributed by atoms with Gasteiger partial charge in [0.25, 0.3) is 0 Å². The van der Waals surface area contributed by atoms with Crippen molar-refractivity contribution in [2.75, 3.05) is 0 Å². The van der Waals surface area contributed by atoms with Crippen molar-refractivity contribution in [3.63, 3.8) is 0 Å². The molecule has 2 heterocycles. The fourth-order valence-corrected chi connectivity index (χ4v) is 3.90. The number of benzene rings is 2. The Morgan fingerprint density at radius 2 is 1.47 bits per heavy atom. The number of hydrogen-bond donors (Lipinski definition) is 2. The molecule has 4 rings (SSSR count). The van der Waals surface area contributed by atoms with Gasteiger partial charge in [-0.15, -0.1) is 0 Å². The van der Waals surface area contributed by atoms with Crippen LogP contribution in [0.5, 0.6) is 5.75 Å². The number of H-pyrrole nitrogens is 1. The quantitative estimate of drug-likeness (QED) is 0.266. The summed E-state index contributed by atoms with van der Waals surface area (Å²) in [7, 11) is -9.53. The summed E-state index contributed by atoms with van der Waals surface area (Å²) in [6.45, 7) is 0. The van der Waals surface area contributed by atoms with Gasteiger partial charge in [0.15, 0.2) is 5.75 Å². The minimum Gasteiger partial charge on any atom is -0.744 e. The van der Waals surface area contributed by atoms with Crippen LogP contribution in [-0.2, 0) is 20.2 Å². The molecule has 0 saturated heterocycles. The fraction of sp³-hybridized carbons (Fsp3) is 0. The van der Waals surface area contributed by atoms with Gasteiger partial charge in [-0.25, -0.2) is 21.8 Å². The topological polar surface area (TPSA) is 180 Å². The number of Topliss-reactive ketones (excluding diaryl/α,β-unsaturated/α-hetero) is 1. The second-order valence-corrected chi connectivity index (χ2v) is 8.69. The van der Waals surface area contributed by atoms with Gasteiger partial charge in [-0.05, 0) is 36.4 Å². The van der Waals surface area contributed by atoms with E-state index in [1.807, 2.05) is 0 Å². The Hall–Kier alpha value is 0.213. The summed E-state index contributed by atoms with van der Waals surface area (Å²) in [5, 5.41) is 10.4. The minimum absolute atomic E-state index is 0. The molecule has 30 heavy (non-hydrogen) atoms. The first-order valence-electron chi connectivity index (χ1n) is 7.51. The van der Waals surface area contributed by atoms with Crippen molar-refractivity contribution in [1.29, 1.82) is 0 Å². The van der Waals surface area contributed by atoms with Gasteiger partial charge in [-0.3, -0.25) is 4.79 Å². The molecule has 0 amide bonds. The predicted octanol–water partition coefficient (Wildman–Crippen LogP) is -4.99. The first-order valence-corrected chi connectivity index (χ1v) is 10.3. The van der Waals surface area contributed by atoms with Crippen LogP contribution in [0.1, 0.15) is 16.1 Å². The van der Waals surface area contributed by atoms with Crippen molar-refractivity contribution in [2.45, 2.75) is 9.79 Å². The maximum atomic E-state index is 12.6. The zero-order valence-electron chi connectivity index (χ0n) is 15.5. The van der Waals surface area contributed by atoms with Crippen LogP contribution in [0.3, 0.4) is 0 Å². The molecule has 144 valence electrons. The Labute approximate surface area is 255 Å². The summed E-state index contributed by atoms with van der Waals surface area (Å²) >= 11 is 0. The standard InChI is InChI=1S/C16H10N2O8S2.2K/c19-15-9-5-7(27(21,22)23)1-3-11(9)17-13(15)14-16(20)10-6-8(28(24,25)26)2-4-12(10)18-14;;/h1-6,17,19H,(H,21,22,23)(H,24,25,26);;/q;2*+1/p-2. The molecule has 0 spiro atoms. The SMILES string of the molecule is O=C1C(c2[nH]c3ccc(S(=O)(=O)[O-])cc3c2O)=Nc2ccc(S(=O)(=O)[O-])cc21.[K+].[K+]. The maximum absolute atomic E-state index is 12.6. The van der Waals surface area contributed by atoms with Crippen LogP contribution in [0.25, 0.3) is 10.9 Å². The van der Waals surface area contributed by atoms with Crippen LogP contribution in [0.4, 0.5) is 5.69 Å². The zero-order valence-corrected chi connectivity index (χ0v) is 23.4. The van der Waals surface area contributed by atoms with E-state index < -0.39 is 41.6 Å². The van der Waals surface area contributed by atoms with E-state index in [4.69, 9.17) is 0 Å². The van der Waals surface area contributed by atoms with Gasteiger partial charge in [-0.2, -0.15) is 0 Å². The number of aromatic hydroxyl groups is 1. The summed E-state index contributed by atoms with van der Waals surface area (Å²) in [6, 6.07) is 6.35. The summed E-state index contributed by atoms with van der Waals surface area (Å²) in [5.41, 5.74) is -0.172. The zero-order chi connectivity index (χ0) is 20.4. The second kappa shape index (κ2) is 9.22. The van der Waals surface area contributed by atoms with E-state index in [1.54, 1.807) is 0 Å². The molecule has 14 heteroatoms. The van der Waals surface area contributed by atoms with E-state index in [0.29, 0.717) is 0 Å². The van der Waals surface area contributed by atoms with Crippen LogP contribution < -0.4 is 103 Å². The van der Waals surface area contributed by atoms with Crippen LogP contribution in [0.2, 0.25) is 0 Å². The molecule has 0 saturated carbocycles. The summed E-state index contributed by atoms with van der Waals surface area (Å²) in [4.78, 5) is 18.2. The molecule has 10 nitrogen and oxygen atoms in total. The Balaban J connectivity index is 0.00000160. The molecule has 0 aliphatic carbocycles. The smallest absolute Gasteiger partial charge is 0.744 e. The Kier molecular flexibility index (Phi) is 8.14. The maximum Gasteiger partial charge on any atom is 1.00 e. The molecule has 1 aliphatic rings. The summed E-state index contributed by atoms with van der Waals surface area (Å²) in [5.74, 6) is -1.24. The molecular weight excluding hydrogens is 491 g/mol. The van der Waals surface area contributed by atoms with Gasteiger partial charge >= 0.3 is 103 Å². The third-order valence-corrected chi connectivity index (χ3v) is 5.88. The monoisotopic (exact) mass is 498 g/mol. The molecule has 2 aromatic carbocycles. The number of nitrogens with one attached hydrogen (secondary N) is 1. The number of carbonyl (C=O) groups is 1. The number of aromatic nitrogens is 1. The van der Waals surface area contributed by atoms with E-state index >= 15 is 0 Å². The van der Waals surface area contributed by atoms with Crippen molar-refractivity contribution in [3.8, 4) is 5.75 Å². The molecular formula is C16H8K2N2O8S2. The first-order chi connectivity index (χ1) is 13.0. The summed E-state index contributed by atoms with van der Waals surface area (Å²) < 4.78 is 66.9. The van der Waals surface area contributed by atoms with Crippen LogP contribution in [0, 0.1) is 0 Å². The average molecular weight is 499 g/mol. The van der Waals surface area contributed by atoms with Crippen molar-refractivity contribution in [3.05, 3.63) is 47.7 Å². The predicted molar refractivity (Wildman–Crippen MR) is 92.9 cm³/mol. The second-order valence-electron chi connectivity index (χ2n) is 5.93. The van der Waals surface area contributed by atoms with E-state index in [1.165, 1.54) is 12.1 Å². The largest absolute Gasteiger partial charge is 1.00 e. The number of nitrogens with zero attached hydrogens (tertiary/aromatic N) is 1. The number of rotatable bonds is 3. The van der Waals surface area contributed by atoms with Gasteiger partial charge in [0.05, 0.1) is 21.0 Å². The number of hydrogen-bond acceptors (Lipinski definition) is 9. The van der Waals surface area contributed by atoms with Gasteiger partial charge in [0.2, 0.25) is 5.78 Å². The Morgan fingerprint density at radius 1 is 0.900 bits per heavy atom. The third kappa shape index (κ3) is 4.77. The summed E-state index contributed by atoms with van der Waals surface area (Å²) in [6.07, 6.45) is 0. The van der Waals surface area contributed by atoms with Gasteiger partial charge < -0.3 is 19.2 Å². The third-order valence-electron chi connectivity index (χ3n) is 4.22. The molecule has 0 atom stereocenters. The molecule has 0 bridgehead atoms. The van der Waals surface area contributed by atoms with E-state index in [2.05, 4.69) is 9.98 Å². The number of carbonyl (C=O) groups excluding carboxylic acids is 1. The number of aliphatic imine (C=N–C) groups is 1. The molecule has 1 aromatic heterocycles. The van der Waals surface area contributed by atoms with Crippen molar-refractivity contribution < 1.29 is 139 Å². The molecule has 0 fully saturated rings. The molecule has 1 aliphatic heterocycles. The fourth-order valence-electron chi connectivity index (χ4n) is 2.90. The Bertz CT molecular complexity index is 1440. The Morgan fingerprint density at radius 3 is 2.07 bits per heavy atom. The molecule has 2 N–H and O–H groups in total. The van der Waals surface area contributed by atoms with Crippen LogP contribution in [0.15, 0.2) is 51.2 Å². The van der Waals surface area contributed by atoms with Crippen molar-refractivity contribution in [1.82, 2.24) is 4.98 Å². The number of fused-ring (bicyclic) bond motifs is 2. The number of aromatic amines is 1. The molecule has 0 radical (unpaired) electrons. The first kappa shape index (κ1) is 26.5. The average Bonchev–Trinajstić information content (AvgIpc) is 3.10.